The summed E-state index contributed by atoms with van der Waals surface area (Å²) in [6.07, 6.45) is 2.95. The molecule has 0 atom stereocenters. The van der Waals surface area contributed by atoms with Crippen molar-refractivity contribution in [1.29, 1.82) is 5.41 Å². The molecule has 0 heterocycles. The van der Waals surface area contributed by atoms with Crippen LogP contribution < -0.4 is 11.1 Å². The fraction of sp³-hybridized carbons (Fsp3) is 0.231. The number of anilines is 2. The van der Waals surface area contributed by atoms with Gasteiger partial charge in [-0.1, -0.05) is 6.08 Å². The lowest BCUT2D eigenvalue weighted by atomic mass is 10.1. The molecule has 0 aliphatic heterocycles. The van der Waals surface area contributed by atoms with Gasteiger partial charge in [-0.3, -0.25) is 4.99 Å². The zero-order chi connectivity index (χ0) is 13.7. The summed E-state index contributed by atoms with van der Waals surface area (Å²) in [6, 6.07) is 3.30. The molecule has 96 valence electrons. The number of rotatable bonds is 3. The van der Waals surface area contributed by atoms with Gasteiger partial charge in [0.05, 0.1) is 11.3 Å². The van der Waals surface area contributed by atoms with Crippen molar-refractivity contribution in [2.45, 2.75) is 13.8 Å². The van der Waals surface area contributed by atoms with Crippen molar-refractivity contribution in [1.82, 2.24) is 0 Å². The maximum atomic E-state index is 10.0. The minimum absolute atomic E-state index is 0.0462. The van der Waals surface area contributed by atoms with Gasteiger partial charge in [-0.15, -0.1) is 0 Å². The van der Waals surface area contributed by atoms with Crippen molar-refractivity contribution >= 4 is 23.4 Å². The van der Waals surface area contributed by atoms with Crippen LogP contribution in [0, 0.1) is 5.41 Å². The fourth-order valence-corrected chi connectivity index (χ4v) is 1.47. The highest BCUT2D eigenvalue weighted by Gasteiger charge is 2.11. The number of nitrogens with zero attached hydrogens (tertiary/aromatic N) is 1. The smallest absolute Gasteiger partial charge is 0.149 e. The molecule has 5 nitrogen and oxygen atoms in total. The molecule has 1 aromatic rings. The molecule has 0 aliphatic rings. The van der Waals surface area contributed by atoms with Crippen LogP contribution in [0.4, 0.5) is 11.4 Å². The Morgan fingerprint density at radius 3 is 2.67 bits per heavy atom. The molecule has 1 aromatic carbocycles. The Hall–Kier alpha value is -2.30. The van der Waals surface area contributed by atoms with Crippen molar-refractivity contribution in [2.24, 2.45) is 4.99 Å². The number of amidine groups is 1. The van der Waals surface area contributed by atoms with E-state index in [1.807, 2.05) is 19.9 Å². The summed E-state index contributed by atoms with van der Waals surface area (Å²) in [7, 11) is 1.67. The summed E-state index contributed by atoms with van der Waals surface area (Å²) < 4.78 is 0. The molecule has 0 unspecified atom stereocenters. The molecule has 0 aliphatic carbocycles. The van der Waals surface area contributed by atoms with Crippen LogP contribution in [0.25, 0.3) is 0 Å². The lowest BCUT2D eigenvalue weighted by Gasteiger charge is -2.13. The topological polar surface area (TPSA) is 94.5 Å². The maximum absolute atomic E-state index is 10.0. The summed E-state index contributed by atoms with van der Waals surface area (Å²) in [4.78, 5) is 4.11. The van der Waals surface area contributed by atoms with E-state index in [4.69, 9.17) is 11.1 Å². The molecule has 0 bridgehead atoms. The predicted molar refractivity (Wildman–Crippen MR) is 76.8 cm³/mol. The minimum Gasteiger partial charge on any atom is -0.505 e. The van der Waals surface area contributed by atoms with Crippen molar-refractivity contribution < 1.29 is 5.11 Å². The Morgan fingerprint density at radius 2 is 2.17 bits per heavy atom. The normalized spacial score (nSPS) is 12.4. The number of phenols is 1. The third kappa shape index (κ3) is 2.68. The average Bonchev–Trinajstić information content (AvgIpc) is 2.38. The Morgan fingerprint density at radius 1 is 1.50 bits per heavy atom. The van der Waals surface area contributed by atoms with Crippen LogP contribution >= 0.6 is 0 Å². The molecule has 0 aromatic heterocycles. The molecule has 0 radical (unpaired) electrons. The third-order valence-corrected chi connectivity index (χ3v) is 2.68. The van der Waals surface area contributed by atoms with Crippen LogP contribution in [0.15, 0.2) is 28.8 Å². The van der Waals surface area contributed by atoms with Gasteiger partial charge in [-0.05, 0) is 31.6 Å². The van der Waals surface area contributed by atoms with Gasteiger partial charge in [0.2, 0.25) is 0 Å². The molecule has 0 saturated carbocycles. The van der Waals surface area contributed by atoms with E-state index < -0.39 is 0 Å². The van der Waals surface area contributed by atoms with Gasteiger partial charge >= 0.3 is 0 Å². The molecule has 5 heteroatoms. The summed E-state index contributed by atoms with van der Waals surface area (Å²) in [5, 5.41) is 20.3. The van der Waals surface area contributed by atoms with Crippen molar-refractivity contribution in [2.75, 3.05) is 18.1 Å². The summed E-state index contributed by atoms with van der Waals surface area (Å²) in [5.41, 5.74) is 7.77. The first-order valence-corrected chi connectivity index (χ1v) is 5.54. The van der Waals surface area contributed by atoms with Crippen molar-refractivity contribution in [3.8, 4) is 5.75 Å². The van der Waals surface area contributed by atoms with E-state index >= 15 is 0 Å². The standard InChI is InChI=1S/C13H18N4O/c1-4-8(2)13(16-3)17-11-6-5-10(15)9(7-14)12(11)18/h4-7,14,18H,15H2,1-3H3,(H,16,17)/b8-4-,14-7?. The number of nitrogen functional groups attached to an aromatic ring is 1. The van der Waals surface area contributed by atoms with Crippen molar-refractivity contribution in [3.63, 3.8) is 0 Å². The molecule has 1 rings (SSSR count). The van der Waals surface area contributed by atoms with Crippen LogP contribution in [0.5, 0.6) is 5.75 Å². The Labute approximate surface area is 107 Å². The second kappa shape index (κ2) is 5.86. The van der Waals surface area contributed by atoms with Gasteiger partial charge in [0.25, 0.3) is 0 Å². The highest BCUT2D eigenvalue weighted by Crippen LogP contribution is 2.30. The first-order chi connectivity index (χ1) is 8.54. The maximum Gasteiger partial charge on any atom is 0.149 e. The molecular formula is C13H18N4O. The molecule has 0 amide bonds. The van der Waals surface area contributed by atoms with Crippen LogP contribution in [0.2, 0.25) is 0 Å². The molecule has 18 heavy (non-hydrogen) atoms. The zero-order valence-electron chi connectivity index (χ0n) is 10.8. The van der Waals surface area contributed by atoms with Gasteiger partial charge < -0.3 is 21.6 Å². The molecular weight excluding hydrogens is 228 g/mol. The van der Waals surface area contributed by atoms with E-state index in [0.717, 1.165) is 11.8 Å². The second-order valence-corrected chi connectivity index (χ2v) is 3.78. The van der Waals surface area contributed by atoms with Gasteiger partial charge in [0.1, 0.15) is 11.6 Å². The SMILES string of the molecule is C/C=C(/C)C(=NC)Nc1ccc(N)c(C=N)c1O. The summed E-state index contributed by atoms with van der Waals surface area (Å²) in [6.45, 7) is 3.83. The average molecular weight is 246 g/mol. The first-order valence-electron chi connectivity index (χ1n) is 5.54. The monoisotopic (exact) mass is 246 g/mol. The summed E-state index contributed by atoms with van der Waals surface area (Å²) >= 11 is 0. The number of hydrogen-bond donors (Lipinski definition) is 4. The van der Waals surface area contributed by atoms with Gasteiger partial charge in [0.15, 0.2) is 0 Å². The van der Waals surface area contributed by atoms with Crippen LogP contribution in [0.3, 0.4) is 0 Å². The van der Waals surface area contributed by atoms with Gasteiger partial charge in [0, 0.05) is 18.9 Å². The van der Waals surface area contributed by atoms with E-state index in [2.05, 4.69) is 10.3 Å². The summed E-state index contributed by atoms with van der Waals surface area (Å²) in [5.74, 6) is 0.614. The number of aliphatic imine (C=N–C) groups is 1. The fourth-order valence-electron chi connectivity index (χ4n) is 1.47. The first kappa shape index (κ1) is 13.8. The van der Waals surface area contributed by atoms with E-state index in [1.165, 1.54) is 0 Å². The van der Waals surface area contributed by atoms with E-state index in [0.29, 0.717) is 22.8 Å². The lowest BCUT2D eigenvalue weighted by Crippen LogP contribution is -2.14. The van der Waals surface area contributed by atoms with Crippen LogP contribution in [0.1, 0.15) is 19.4 Å². The Bertz CT molecular complexity index is 518. The van der Waals surface area contributed by atoms with Gasteiger partial charge in [-0.2, -0.15) is 0 Å². The van der Waals surface area contributed by atoms with Crippen LogP contribution in [-0.2, 0) is 0 Å². The number of aromatic hydroxyl groups is 1. The number of phenolic OH excluding ortho intramolecular Hbond substituents is 1. The molecule has 0 fully saturated rings. The number of allylic oxidation sites excluding steroid dienone is 1. The minimum atomic E-state index is -0.0462. The van der Waals surface area contributed by atoms with Crippen LogP contribution in [-0.4, -0.2) is 24.2 Å². The number of hydrogen-bond acceptors (Lipinski definition) is 4. The molecule has 0 saturated heterocycles. The largest absolute Gasteiger partial charge is 0.505 e. The molecule has 5 N–H and O–H groups in total. The highest BCUT2D eigenvalue weighted by atomic mass is 16.3. The van der Waals surface area contributed by atoms with Crippen molar-refractivity contribution in [3.05, 3.63) is 29.3 Å². The Balaban J connectivity index is 3.17. The number of nitrogens with two attached hydrogens (primary N) is 1. The quantitative estimate of drug-likeness (QED) is 0.285. The van der Waals surface area contributed by atoms with Gasteiger partial charge in [-0.25, -0.2) is 0 Å². The number of nitrogens with one attached hydrogen (secondary N) is 2. The lowest BCUT2D eigenvalue weighted by molar-refractivity contribution is 0.477. The third-order valence-electron chi connectivity index (χ3n) is 2.68. The number of benzene rings is 1. The Kier molecular flexibility index (Phi) is 4.48. The zero-order valence-corrected chi connectivity index (χ0v) is 10.8. The van der Waals surface area contributed by atoms with E-state index in [1.54, 1.807) is 19.2 Å². The molecule has 0 spiro atoms. The predicted octanol–water partition coefficient (Wildman–Crippen LogP) is 2.38. The van der Waals surface area contributed by atoms with E-state index in [9.17, 15) is 5.11 Å². The second-order valence-electron chi connectivity index (χ2n) is 3.78. The van der Waals surface area contributed by atoms with E-state index in [-0.39, 0.29) is 5.75 Å². The highest BCUT2D eigenvalue weighted by molar-refractivity contribution is 6.09.